The fraction of sp³-hybridized carbons (Fsp3) is 0.385. The van der Waals surface area contributed by atoms with Gasteiger partial charge in [0.05, 0.1) is 0 Å². The Hall–Kier alpha value is -1.79. The van der Waals surface area contributed by atoms with E-state index in [-0.39, 0.29) is 0 Å². The highest BCUT2D eigenvalue weighted by Crippen LogP contribution is 2.60. The van der Waals surface area contributed by atoms with Gasteiger partial charge in [0.1, 0.15) is 0 Å². The molecule has 4 fully saturated rings. The zero-order chi connectivity index (χ0) is 18.0. The largest absolute Gasteiger partial charge is 0.0836 e. The number of rotatable bonds is 2. The molecule has 4 bridgehead atoms. The lowest BCUT2D eigenvalue weighted by Gasteiger charge is -2.57. The molecular formula is C26H25Cl. The van der Waals surface area contributed by atoms with E-state index in [1.54, 1.807) is 5.56 Å². The summed E-state index contributed by atoms with van der Waals surface area (Å²) in [5, 5.41) is 3.30. The van der Waals surface area contributed by atoms with E-state index in [9.17, 15) is 0 Å². The molecule has 0 saturated heterocycles. The van der Waals surface area contributed by atoms with Crippen molar-refractivity contribution in [1.82, 2.24) is 0 Å². The molecule has 7 rings (SSSR count). The number of hydrogen-bond donors (Lipinski definition) is 0. The van der Waals surface area contributed by atoms with Crippen LogP contribution in [0.15, 0.2) is 60.7 Å². The van der Waals surface area contributed by atoms with E-state index in [0.717, 1.165) is 28.3 Å². The van der Waals surface area contributed by atoms with Gasteiger partial charge in [-0.2, -0.15) is 0 Å². The van der Waals surface area contributed by atoms with Crippen molar-refractivity contribution in [3.63, 3.8) is 0 Å². The van der Waals surface area contributed by atoms with Gasteiger partial charge in [-0.05, 0) is 95.7 Å². The van der Waals surface area contributed by atoms with Crippen molar-refractivity contribution in [1.29, 1.82) is 0 Å². The molecule has 0 nitrogen and oxygen atoms in total. The van der Waals surface area contributed by atoms with Gasteiger partial charge in [0.2, 0.25) is 0 Å². The van der Waals surface area contributed by atoms with Gasteiger partial charge >= 0.3 is 0 Å². The Morgan fingerprint density at radius 3 is 1.85 bits per heavy atom. The maximum Gasteiger partial charge on any atom is 0.0490 e. The van der Waals surface area contributed by atoms with Crippen LogP contribution in [0.1, 0.15) is 44.1 Å². The van der Waals surface area contributed by atoms with Crippen LogP contribution in [0.4, 0.5) is 0 Å². The minimum atomic E-state index is 0.473. The van der Waals surface area contributed by atoms with E-state index in [0.29, 0.717) is 5.41 Å². The topological polar surface area (TPSA) is 0 Å². The fourth-order valence-corrected chi connectivity index (χ4v) is 7.18. The van der Waals surface area contributed by atoms with Crippen molar-refractivity contribution in [3.8, 4) is 11.1 Å². The summed E-state index contributed by atoms with van der Waals surface area (Å²) in [4.78, 5) is 0. The zero-order valence-electron chi connectivity index (χ0n) is 15.6. The molecule has 4 aliphatic rings. The Kier molecular flexibility index (Phi) is 3.51. The smallest absolute Gasteiger partial charge is 0.0490 e. The molecule has 0 amide bonds. The van der Waals surface area contributed by atoms with Crippen LogP contribution in [0.2, 0.25) is 5.02 Å². The van der Waals surface area contributed by atoms with Gasteiger partial charge in [-0.15, -0.1) is 0 Å². The van der Waals surface area contributed by atoms with Crippen LogP contribution >= 0.6 is 11.6 Å². The van der Waals surface area contributed by atoms with Crippen molar-refractivity contribution in [2.75, 3.05) is 0 Å². The fourth-order valence-electron chi connectivity index (χ4n) is 6.90. The predicted octanol–water partition coefficient (Wildman–Crippen LogP) is 7.63. The lowest BCUT2D eigenvalue weighted by molar-refractivity contribution is -0.00518. The Labute approximate surface area is 166 Å². The van der Waals surface area contributed by atoms with Crippen LogP contribution in [0.5, 0.6) is 0 Å². The van der Waals surface area contributed by atoms with Crippen molar-refractivity contribution in [2.45, 2.75) is 43.9 Å². The molecule has 0 aliphatic heterocycles. The lowest BCUT2D eigenvalue weighted by Crippen LogP contribution is -2.48. The molecule has 0 radical (unpaired) electrons. The third kappa shape index (κ3) is 2.57. The predicted molar refractivity (Wildman–Crippen MR) is 114 cm³/mol. The molecular weight excluding hydrogens is 348 g/mol. The van der Waals surface area contributed by atoms with Crippen molar-refractivity contribution in [3.05, 3.63) is 71.2 Å². The highest BCUT2D eigenvalue weighted by atomic mass is 35.5. The molecule has 3 aromatic rings. The standard InChI is InChI=1S/C26H25Cl/c27-25-13-22-4-2-1-3-21(22)12-24(25)20-5-7-23(8-6-20)26-14-17-9-18(15-26)11-19(10-17)16-26/h1-8,12-13,17-19H,9-11,14-16H2. The van der Waals surface area contributed by atoms with Crippen LogP contribution in [0, 0.1) is 17.8 Å². The first-order chi connectivity index (χ1) is 13.2. The van der Waals surface area contributed by atoms with Gasteiger partial charge in [0.15, 0.2) is 0 Å². The maximum atomic E-state index is 6.63. The van der Waals surface area contributed by atoms with E-state index in [1.165, 1.54) is 54.9 Å². The first kappa shape index (κ1) is 16.2. The molecule has 0 unspecified atom stereocenters. The Morgan fingerprint density at radius 2 is 1.26 bits per heavy atom. The van der Waals surface area contributed by atoms with Crippen LogP contribution in [0.25, 0.3) is 21.9 Å². The number of hydrogen-bond acceptors (Lipinski definition) is 0. The molecule has 0 aromatic heterocycles. The SMILES string of the molecule is Clc1cc2ccccc2cc1-c1ccc(C23CC4CC(CC(C4)C2)C3)cc1. The molecule has 4 saturated carbocycles. The molecule has 0 heterocycles. The molecule has 3 aromatic carbocycles. The van der Waals surface area contributed by atoms with Crippen molar-refractivity contribution in [2.24, 2.45) is 17.8 Å². The average molecular weight is 373 g/mol. The summed E-state index contributed by atoms with van der Waals surface area (Å²) in [6, 6.07) is 22.2. The van der Waals surface area contributed by atoms with Crippen molar-refractivity contribution >= 4 is 22.4 Å². The minimum absolute atomic E-state index is 0.473. The number of benzene rings is 3. The summed E-state index contributed by atoms with van der Waals surface area (Å²) in [6.07, 6.45) is 8.79. The van der Waals surface area contributed by atoms with Gasteiger partial charge < -0.3 is 0 Å². The van der Waals surface area contributed by atoms with Crippen LogP contribution in [-0.4, -0.2) is 0 Å². The molecule has 136 valence electrons. The summed E-state index contributed by atoms with van der Waals surface area (Å²) in [7, 11) is 0. The second kappa shape index (κ2) is 5.85. The first-order valence-electron chi connectivity index (χ1n) is 10.5. The zero-order valence-corrected chi connectivity index (χ0v) is 16.4. The molecule has 1 heteroatoms. The highest BCUT2D eigenvalue weighted by molar-refractivity contribution is 6.34. The second-order valence-corrected chi connectivity index (χ2v) is 9.86. The molecule has 4 aliphatic carbocycles. The van der Waals surface area contributed by atoms with Crippen LogP contribution < -0.4 is 0 Å². The normalized spacial score (nSPS) is 31.5. The summed E-state index contributed by atoms with van der Waals surface area (Å²) in [5.74, 6) is 2.97. The van der Waals surface area contributed by atoms with E-state index in [2.05, 4.69) is 60.7 Å². The van der Waals surface area contributed by atoms with Gasteiger partial charge in [0, 0.05) is 10.6 Å². The lowest BCUT2D eigenvalue weighted by atomic mass is 9.48. The van der Waals surface area contributed by atoms with Gasteiger partial charge in [-0.3, -0.25) is 0 Å². The quantitative estimate of drug-likeness (QED) is 0.433. The minimum Gasteiger partial charge on any atom is -0.0836 e. The number of fused-ring (bicyclic) bond motifs is 1. The molecule has 0 atom stereocenters. The van der Waals surface area contributed by atoms with E-state index in [1.807, 2.05) is 0 Å². The Bertz CT molecular complexity index is 979. The summed E-state index contributed by atoms with van der Waals surface area (Å²) in [6.45, 7) is 0. The Balaban J connectivity index is 1.38. The van der Waals surface area contributed by atoms with Gasteiger partial charge in [-0.25, -0.2) is 0 Å². The summed E-state index contributed by atoms with van der Waals surface area (Å²) >= 11 is 6.63. The highest BCUT2D eigenvalue weighted by Gasteiger charge is 2.51. The van der Waals surface area contributed by atoms with Gasteiger partial charge in [-0.1, -0.05) is 60.1 Å². The summed E-state index contributed by atoms with van der Waals surface area (Å²) in [5.41, 5.74) is 4.44. The second-order valence-electron chi connectivity index (χ2n) is 9.45. The maximum absolute atomic E-state index is 6.63. The van der Waals surface area contributed by atoms with E-state index in [4.69, 9.17) is 11.6 Å². The Morgan fingerprint density at radius 1 is 0.704 bits per heavy atom. The average Bonchev–Trinajstić information content (AvgIpc) is 2.66. The van der Waals surface area contributed by atoms with Gasteiger partial charge in [0.25, 0.3) is 0 Å². The summed E-state index contributed by atoms with van der Waals surface area (Å²) < 4.78 is 0. The first-order valence-corrected chi connectivity index (χ1v) is 10.9. The van der Waals surface area contributed by atoms with Crippen molar-refractivity contribution < 1.29 is 0 Å². The van der Waals surface area contributed by atoms with Crippen LogP contribution in [-0.2, 0) is 5.41 Å². The third-order valence-corrected chi connectivity index (χ3v) is 7.99. The number of halogens is 1. The van der Waals surface area contributed by atoms with E-state index >= 15 is 0 Å². The van der Waals surface area contributed by atoms with Crippen LogP contribution in [0.3, 0.4) is 0 Å². The molecule has 0 spiro atoms. The van der Waals surface area contributed by atoms with E-state index < -0.39 is 0 Å². The monoisotopic (exact) mass is 372 g/mol. The molecule has 0 N–H and O–H groups in total. The third-order valence-electron chi connectivity index (χ3n) is 7.68. The molecule has 27 heavy (non-hydrogen) atoms.